The summed E-state index contributed by atoms with van der Waals surface area (Å²) in [4.78, 5) is 17.5. The highest BCUT2D eigenvalue weighted by Gasteiger charge is 2.24. The molecule has 1 aliphatic rings. The number of rotatable bonds is 4. The minimum atomic E-state index is 0.0548. The fraction of sp³-hybridized carbons (Fsp3) is 0.462. The number of Topliss-reactive ketones (excluding diaryl/α,β-unsaturated/α-hetero) is 1. The molecule has 6 heteroatoms. The lowest BCUT2D eigenvalue weighted by Gasteiger charge is -2.17. The Hall–Kier alpha value is -1.14. The Morgan fingerprint density at radius 3 is 3.21 bits per heavy atom. The van der Waals surface area contributed by atoms with Gasteiger partial charge in [0, 0.05) is 17.7 Å². The van der Waals surface area contributed by atoms with Gasteiger partial charge in [0.15, 0.2) is 0 Å². The summed E-state index contributed by atoms with van der Waals surface area (Å²) in [6, 6.07) is 4.12. The lowest BCUT2D eigenvalue weighted by molar-refractivity contribution is -0.119. The molecule has 4 nitrogen and oxygen atoms in total. The van der Waals surface area contributed by atoms with E-state index in [-0.39, 0.29) is 5.25 Å². The summed E-state index contributed by atoms with van der Waals surface area (Å²) in [6.45, 7) is 0. The number of hydrogen-bond donors (Lipinski definition) is 1. The zero-order chi connectivity index (χ0) is 13.1. The molecule has 0 bridgehead atoms. The van der Waals surface area contributed by atoms with Gasteiger partial charge in [0.25, 0.3) is 0 Å². The first-order chi connectivity index (χ1) is 9.31. The van der Waals surface area contributed by atoms with E-state index in [4.69, 9.17) is 0 Å². The number of nitrogens with one attached hydrogen (secondary N) is 1. The van der Waals surface area contributed by atoms with Crippen molar-refractivity contribution in [3.8, 4) is 0 Å². The second kappa shape index (κ2) is 5.88. The van der Waals surface area contributed by atoms with Crippen LogP contribution >= 0.6 is 23.1 Å². The Morgan fingerprint density at radius 1 is 1.47 bits per heavy atom. The highest BCUT2D eigenvalue weighted by Crippen LogP contribution is 2.29. The van der Waals surface area contributed by atoms with Crippen molar-refractivity contribution < 1.29 is 4.79 Å². The topological polar surface area (TPSA) is 58.6 Å². The van der Waals surface area contributed by atoms with Gasteiger partial charge in [-0.3, -0.25) is 9.89 Å². The van der Waals surface area contributed by atoms with Crippen LogP contribution in [0, 0.1) is 0 Å². The highest BCUT2D eigenvalue weighted by molar-refractivity contribution is 8.00. The molecule has 100 valence electrons. The standard InChI is InChI=1S/C13H15N3OS2/c17-10-5-1-2-6-11(10)19-13-14-12(15-16-13)8-9-4-3-7-18-9/h3-4,7,11H,1-2,5-6,8H2,(H,14,15,16). The van der Waals surface area contributed by atoms with E-state index in [0.717, 1.165) is 31.5 Å². The molecule has 2 heterocycles. The van der Waals surface area contributed by atoms with Crippen LogP contribution in [0.25, 0.3) is 0 Å². The molecule has 1 unspecified atom stereocenters. The molecule has 0 radical (unpaired) electrons. The summed E-state index contributed by atoms with van der Waals surface area (Å²) in [5.41, 5.74) is 0. The number of thioether (sulfide) groups is 1. The van der Waals surface area contributed by atoms with E-state index >= 15 is 0 Å². The molecule has 1 aliphatic carbocycles. The molecular weight excluding hydrogens is 278 g/mol. The van der Waals surface area contributed by atoms with Crippen molar-refractivity contribution in [2.75, 3.05) is 0 Å². The lowest BCUT2D eigenvalue weighted by atomic mass is 9.99. The number of thiophene rings is 1. The fourth-order valence-electron chi connectivity index (χ4n) is 2.19. The van der Waals surface area contributed by atoms with Gasteiger partial charge in [-0.1, -0.05) is 24.2 Å². The first-order valence-electron chi connectivity index (χ1n) is 6.44. The molecule has 0 aliphatic heterocycles. The molecule has 2 aromatic rings. The van der Waals surface area contributed by atoms with Crippen molar-refractivity contribution >= 4 is 28.9 Å². The van der Waals surface area contributed by atoms with Crippen LogP contribution in [0.1, 0.15) is 36.4 Å². The first-order valence-corrected chi connectivity index (χ1v) is 8.20. The van der Waals surface area contributed by atoms with Crippen molar-refractivity contribution in [3.05, 3.63) is 28.2 Å². The van der Waals surface area contributed by atoms with Gasteiger partial charge >= 0.3 is 0 Å². The molecule has 0 aromatic carbocycles. The Labute approximate surface area is 120 Å². The van der Waals surface area contributed by atoms with Crippen LogP contribution < -0.4 is 0 Å². The Kier molecular flexibility index (Phi) is 3.98. The summed E-state index contributed by atoms with van der Waals surface area (Å²) in [5.74, 6) is 1.22. The van der Waals surface area contributed by atoms with E-state index < -0.39 is 0 Å². The average Bonchev–Trinajstić information content (AvgIpc) is 3.05. The van der Waals surface area contributed by atoms with Crippen molar-refractivity contribution in [2.24, 2.45) is 0 Å². The summed E-state index contributed by atoms with van der Waals surface area (Å²) >= 11 is 3.22. The number of carbonyl (C=O) groups excluding carboxylic acids is 1. The molecule has 1 N–H and O–H groups in total. The van der Waals surface area contributed by atoms with Crippen LogP contribution in [0.2, 0.25) is 0 Å². The Morgan fingerprint density at radius 2 is 2.42 bits per heavy atom. The summed E-state index contributed by atoms with van der Waals surface area (Å²) in [7, 11) is 0. The second-order valence-corrected chi connectivity index (χ2v) is 6.84. The zero-order valence-electron chi connectivity index (χ0n) is 10.5. The van der Waals surface area contributed by atoms with Gasteiger partial charge in [0.2, 0.25) is 5.16 Å². The number of carbonyl (C=O) groups is 1. The van der Waals surface area contributed by atoms with E-state index in [2.05, 4.69) is 26.6 Å². The summed E-state index contributed by atoms with van der Waals surface area (Å²) in [6.07, 6.45) is 4.62. The summed E-state index contributed by atoms with van der Waals surface area (Å²) in [5, 5.41) is 9.98. The fourth-order valence-corrected chi connectivity index (χ4v) is 3.95. The van der Waals surface area contributed by atoms with Crippen LogP contribution in [-0.4, -0.2) is 26.2 Å². The van der Waals surface area contributed by atoms with Gasteiger partial charge < -0.3 is 0 Å². The van der Waals surface area contributed by atoms with Crippen molar-refractivity contribution in [1.29, 1.82) is 0 Å². The lowest BCUT2D eigenvalue weighted by Crippen LogP contribution is -2.21. The van der Waals surface area contributed by atoms with Crippen molar-refractivity contribution in [2.45, 2.75) is 42.5 Å². The molecule has 0 amide bonds. The first kappa shape index (κ1) is 12.9. The third-order valence-electron chi connectivity index (χ3n) is 3.18. The van der Waals surface area contributed by atoms with E-state index in [1.165, 1.54) is 16.6 Å². The maximum absolute atomic E-state index is 11.8. The number of nitrogens with zero attached hydrogens (tertiary/aromatic N) is 2. The van der Waals surface area contributed by atoms with Crippen LogP contribution in [0.4, 0.5) is 0 Å². The van der Waals surface area contributed by atoms with E-state index in [0.29, 0.717) is 17.4 Å². The maximum atomic E-state index is 11.8. The maximum Gasteiger partial charge on any atom is 0.209 e. The van der Waals surface area contributed by atoms with Crippen LogP contribution in [0.15, 0.2) is 22.7 Å². The Bertz CT molecular complexity index is 550. The van der Waals surface area contributed by atoms with Gasteiger partial charge in [0.1, 0.15) is 11.6 Å². The third kappa shape index (κ3) is 3.25. The number of ketones is 1. The number of H-pyrrole nitrogens is 1. The van der Waals surface area contributed by atoms with E-state index in [1.54, 1.807) is 11.3 Å². The molecule has 1 fully saturated rings. The average molecular weight is 293 g/mol. The third-order valence-corrected chi connectivity index (χ3v) is 5.23. The van der Waals surface area contributed by atoms with Gasteiger partial charge in [-0.15, -0.1) is 16.4 Å². The van der Waals surface area contributed by atoms with Gasteiger partial charge in [-0.05, 0) is 24.3 Å². The molecule has 1 atom stereocenters. The zero-order valence-corrected chi connectivity index (χ0v) is 12.1. The molecule has 0 spiro atoms. The quantitative estimate of drug-likeness (QED) is 0.941. The van der Waals surface area contributed by atoms with Gasteiger partial charge in [-0.2, -0.15) is 0 Å². The van der Waals surface area contributed by atoms with Crippen LogP contribution in [0.3, 0.4) is 0 Å². The second-order valence-electron chi connectivity index (χ2n) is 4.64. The van der Waals surface area contributed by atoms with Crippen LogP contribution in [0.5, 0.6) is 0 Å². The SMILES string of the molecule is O=C1CCCCC1Sc1n[nH]c(Cc2cccs2)n1. The van der Waals surface area contributed by atoms with Crippen molar-refractivity contribution in [1.82, 2.24) is 15.2 Å². The summed E-state index contributed by atoms with van der Waals surface area (Å²) < 4.78 is 0. The normalized spacial score (nSPS) is 19.8. The van der Waals surface area contributed by atoms with Gasteiger partial charge in [-0.25, -0.2) is 4.98 Å². The number of hydrogen-bond acceptors (Lipinski definition) is 5. The predicted molar refractivity (Wildman–Crippen MR) is 76.6 cm³/mol. The largest absolute Gasteiger partial charge is 0.298 e. The molecule has 3 rings (SSSR count). The van der Waals surface area contributed by atoms with E-state index in [1.807, 2.05) is 6.07 Å². The monoisotopic (exact) mass is 293 g/mol. The molecule has 2 aromatic heterocycles. The highest BCUT2D eigenvalue weighted by atomic mass is 32.2. The number of aromatic nitrogens is 3. The Balaban J connectivity index is 1.63. The molecular formula is C13H15N3OS2. The minimum absolute atomic E-state index is 0.0548. The molecule has 0 saturated heterocycles. The molecule has 19 heavy (non-hydrogen) atoms. The smallest absolute Gasteiger partial charge is 0.209 e. The van der Waals surface area contributed by atoms with Crippen molar-refractivity contribution in [3.63, 3.8) is 0 Å². The predicted octanol–water partition coefficient (Wildman–Crippen LogP) is 3.06. The van der Waals surface area contributed by atoms with E-state index in [9.17, 15) is 4.79 Å². The number of aromatic amines is 1. The minimum Gasteiger partial charge on any atom is -0.298 e. The van der Waals surface area contributed by atoms with Gasteiger partial charge in [0.05, 0.1) is 5.25 Å². The van der Waals surface area contributed by atoms with Crippen LogP contribution in [-0.2, 0) is 11.2 Å². The molecule has 1 saturated carbocycles.